The zero-order valence-electron chi connectivity index (χ0n) is 16.8. The summed E-state index contributed by atoms with van der Waals surface area (Å²) < 4.78 is 2.35. The number of carbonyl (C=O) groups excluding carboxylic acids is 2. The number of H-pyrrole nitrogens is 1. The van der Waals surface area contributed by atoms with Gasteiger partial charge in [0.25, 0.3) is 0 Å². The summed E-state index contributed by atoms with van der Waals surface area (Å²) in [6.45, 7) is 0.141. The summed E-state index contributed by atoms with van der Waals surface area (Å²) in [5, 5.41) is 2.90. The van der Waals surface area contributed by atoms with Crippen LogP contribution in [0.25, 0.3) is 0 Å². The number of allylic oxidation sites excluding steroid dienone is 1. The van der Waals surface area contributed by atoms with E-state index < -0.39 is 29.3 Å². The summed E-state index contributed by atoms with van der Waals surface area (Å²) in [5.41, 5.74) is 0.153. The number of para-hydroxylation sites is 1. The van der Waals surface area contributed by atoms with E-state index in [4.69, 9.17) is 11.6 Å². The van der Waals surface area contributed by atoms with E-state index in [1.165, 1.54) is 4.68 Å². The van der Waals surface area contributed by atoms with Crippen molar-refractivity contribution in [2.24, 2.45) is 11.8 Å². The summed E-state index contributed by atoms with van der Waals surface area (Å²) in [7, 11) is 0. The number of carbonyl (C=O) groups is 2. The number of aromatic nitrogens is 3. The van der Waals surface area contributed by atoms with Crippen molar-refractivity contribution >= 4 is 29.1 Å². The number of aromatic amines is 1. The van der Waals surface area contributed by atoms with Gasteiger partial charge in [0.2, 0.25) is 11.8 Å². The first kappa shape index (κ1) is 20.3. The highest BCUT2D eigenvalue weighted by atomic mass is 35.5. The second-order valence-electron chi connectivity index (χ2n) is 7.92. The molecule has 32 heavy (non-hydrogen) atoms. The molecule has 0 spiro atoms. The summed E-state index contributed by atoms with van der Waals surface area (Å²) in [4.78, 5) is 52.6. The third kappa shape index (κ3) is 3.23. The van der Waals surface area contributed by atoms with Crippen LogP contribution in [0.15, 0.2) is 76.3 Å². The third-order valence-electron chi connectivity index (χ3n) is 6.02. The molecule has 3 aromatic rings. The number of fused-ring (bicyclic) bond motifs is 1. The van der Waals surface area contributed by atoms with Crippen molar-refractivity contribution in [1.29, 1.82) is 0 Å². The normalized spacial score (nSPS) is 22.4. The number of nitrogens with zero attached hydrogens (tertiary/aromatic N) is 3. The molecule has 3 atom stereocenters. The van der Waals surface area contributed by atoms with Gasteiger partial charge in [0.1, 0.15) is 0 Å². The zero-order chi connectivity index (χ0) is 22.4. The lowest BCUT2D eigenvalue weighted by Crippen LogP contribution is -2.33. The minimum atomic E-state index is -0.637. The van der Waals surface area contributed by atoms with E-state index in [1.807, 2.05) is 30.3 Å². The Balaban J connectivity index is 1.44. The molecule has 1 saturated heterocycles. The van der Waals surface area contributed by atoms with Crippen LogP contribution in [0, 0.1) is 11.8 Å². The van der Waals surface area contributed by atoms with Crippen LogP contribution >= 0.6 is 11.6 Å². The highest BCUT2D eigenvalue weighted by molar-refractivity contribution is 6.36. The van der Waals surface area contributed by atoms with Gasteiger partial charge in [-0.15, -0.1) is 0 Å². The number of hydrogen-bond acceptors (Lipinski definition) is 4. The molecule has 2 amide bonds. The van der Waals surface area contributed by atoms with Gasteiger partial charge in [-0.2, -0.15) is 0 Å². The molecule has 1 fully saturated rings. The number of imide groups is 1. The molecule has 2 aliphatic rings. The van der Waals surface area contributed by atoms with Crippen LogP contribution in [0.3, 0.4) is 0 Å². The summed E-state index contributed by atoms with van der Waals surface area (Å²) in [6.07, 6.45) is 3.57. The highest BCUT2D eigenvalue weighted by Gasteiger charge is 2.49. The summed E-state index contributed by atoms with van der Waals surface area (Å²) >= 11 is 6.21. The van der Waals surface area contributed by atoms with Crippen LogP contribution in [0.2, 0.25) is 5.02 Å². The number of rotatable bonds is 4. The van der Waals surface area contributed by atoms with E-state index in [0.29, 0.717) is 10.7 Å². The van der Waals surface area contributed by atoms with Gasteiger partial charge >= 0.3 is 11.4 Å². The fourth-order valence-corrected chi connectivity index (χ4v) is 4.64. The average Bonchev–Trinajstić information content (AvgIpc) is 3.22. The van der Waals surface area contributed by atoms with Crippen LogP contribution in [-0.4, -0.2) is 26.2 Å². The van der Waals surface area contributed by atoms with Gasteiger partial charge in [-0.1, -0.05) is 66.2 Å². The lowest BCUT2D eigenvalue weighted by molar-refractivity contribution is -0.122. The number of halogens is 1. The molecule has 8 nitrogen and oxygen atoms in total. The molecule has 2 heterocycles. The van der Waals surface area contributed by atoms with Gasteiger partial charge in [-0.25, -0.2) is 28.8 Å². The molecule has 5 rings (SSSR count). The second-order valence-corrected chi connectivity index (χ2v) is 8.33. The Labute approximate surface area is 187 Å². The highest BCUT2D eigenvalue weighted by Crippen LogP contribution is 2.41. The van der Waals surface area contributed by atoms with Crippen molar-refractivity contribution in [2.75, 3.05) is 4.90 Å². The molecule has 1 aromatic heterocycles. The van der Waals surface area contributed by atoms with Crippen LogP contribution < -0.4 is 16.3 Å². The van der Waals surface area contributed by atoms with Crippen molar-refractivity contribution in [2.45, 2.75) is 19.0 Å². The summed E-state index contributed by atoms with van der Waals surface area (Å²) in [6, 6.07) is 15.3. The SMILES string of the molecule is O=C1[C@@H]2C=C[C@@H](n3[nH]c(=O)n(Cc4ccccc4)c3=O)C[C@H]2C(=O)N1c1ccccc1Cl. The zero-order valence-corrected chi connectivity index (χ0v) is 17.6. The van der Waals surface area contributed by atoms with E-state index in [1.54, 1.807) is 36.4 Å². The minimum absolute atomic E-state index is 0.141. The minimum Gasteiger partial charge on any atom is -0.274 e. The number of benzene rings is 2. The molecule has 1 aliphatic carbocycles. The van der Waals surface area contributed by atoms with Crippen molar-refractivity contribution in [3.8, 4) is 0 Å². The molecule has 1 aliphatic heterocycles. The number of amides is 2. The number of nitrogens with one attached hydrogen (secondary N) is 1. The fourth-order valence-electron chi connectivity index (χ4n) is 4.42. The first-order chi connectivity index (χ1) is 15.5. The first-order valence-corrected chi connectivity index (χ1v) is 10.6. The van der Waals surface area contributed by atoms with Crippen molar-refractivity contribution in [3.05, 3.63) is 98.3 Å². The van der Waals surface area contributed by atoms with Crippen LogP contribution in [0.5, 0.6) is 0 Å². The standard InChI is InChI=1S/C23H19ClN4O4/c24-18-8-4-5-9-19(18)27-20(29)16-11-10-15(12-17(16)21(27)30)28-23(32)26(22(31)25-28)13-14-6-2-1-3-7-14/h1-11,15-17H,12-13H2,(H,25,31)/t15-,16-,17-/m1/s1. The fraction of sp³-hybridized carbons (Fsp3) is 0.217. The molecule has 0 unspecified atom stereocenters. The predicted molar refractivity (Wildman–Crippen MR) is 119 cm³/mol. The van der Waals surface area contributed by atoms with Gasteiger partial charge in [0.05, 0.1) is 35.1 Å². The molecule has 9 heteroatoms. The molecule has 0 bridgehead atoms. The number of hydrogen-bond donors (Lipinski definition) is 1. The van der Waals surface area contributed by atoms with Crippen LogP contribution in [0.1, 0.15) is 18.0 Å². The van der Waals surface area contributed by atoms with Crippen molar-refractivity contribution in [1.82, 2.24) is 14.3 Å². The maximum absolute atomic E-state index is 13.1. The van der Waals surface area contributed by atoms with E-state index in [0.717, 1.165) is 15.0 Å². The molecule has 0 saturated carbocycles. The Morgan fingerprint density at radius 3 is 2.38 bits per heavy atom. The Morgan fingerprint density at radius 2 is 1.62 bits per heavy atom. The number of anilines is 1. The average molecular weight is 451 g/mol. The Hall–Kier alpha value is -3.65. The Morgan fingerprint density at radius 1 is 0.906 bits per heavy atom. The Kier molecular flexibility index (Phi) is 4.94. The maximum atomic E-state index is 13.1. The van der Waals surface area contributed by atoms with Crippen molar-refractivity contribution in [3.63, 3.8) is 0 Å². The van der Waals surface area contributed by atoms with Crippen LogP contribution in [-0.2, 0) is 16.1 Å². The monoisotopic (exact) mass is 450 g/mol. The quantitative estimate of drug-likeness (QED) is 0.487. The van der Waals surface area contributed by atoms with Crippen LogP contribution in [0.4, 0.5) is 5.69 Å². The largest absolute Gasteiger partial charge is 0.347 e. The molecular formula is C23H19ClN4O4. The van der Waals surface area contributed by atoms with E-state index in [2.05, 4.69) is 5.10 Å². The topological polar surface area (TPSA) is 97.2 Å². The predicted octanol–water partition coefficient (Wildman–Crippen LogP) is 2.35. The molecule has 1 N–H and O–H groups in total. The van der Waals surface area contributed by atoms with Gasteiger partial charge in [-0.05, 0) is 24.1 Å². The lowest BCUT2D eigenvalue weighted by atomic mass is 9.84. The smallest absolute Gasteiger partial charge is 0.274 e. The van der Waals surface area contributed by atoms with E-state index in [-0.39, 0.29) is 24.8 Å². The van der Waals surface area contributed by atoms with Gasteiger partial charge in [-0.3, -0.25) is 9.59 Å². The van der Waals surface area contributed by atoms with E-state index >= 15 is 0 Å². The lowest BCUT2D eigenvalue weighted by Gasteiger charge is -2.23. The molecule has 2 aromatic carbocycles. The molecule has 0 radical (unpaired) electrons. The molecule has 162 valence electrons. The summed E-state index contributed by atoms with van der Waals surface area (Å²) in [5.74, 6) is -1.96. The van der Waals surface area contributed by atoms with Crippen molar-refractivity contribution < 1.29 is 9.59 Å². The van der Waals surface area contributed by atoms with Gasteiger partial charge < -0.3 is 0 Å². The maximum Gasteiger partial charge on any atom is 0.347 e. The van der Waals surface area contributed by atoms with E-state index in [9.17, 15) is 19.2 Å². The first-order valence-electron chi connectivity index (χ1n) is 10.2. The third-order valence-corrected chi connectivity index (χ3v) is 6.34. The van der Waals surface area contributed by atoms with Gasteiger partial charge in [0, 0.05) is 0 Å². The molecular weight excluding hydrogens is 432 g/mol. The second kappa shape index (κ2) is 7.80. The Bertz CT molecular complexity index is 1350. The van der Waals surface area contributed by atoms with Gasteiger partial charge in [0.15, 0.2) is 0 Å².